The van der Waals surface area contributed by atoms with Gasteiger partial charge < -0.3 is 16.0 Å². The SMILES string of the molecule is CCC(C)NC(=O)c1ccc(CNC(=NC)NCCc2nc(C(F)(F)F)cs2)cc1. The van der Waals surface area contributed by atoms with Crippen molar-refractivity contribution >= 4 is 23.2 Å². The van der Waals surface area contributed by atoms with Crippen LogP contribution in [0.1, 0.15) is 46.9 Å². The molecule has 0 saturated heterocycles. The van der Waals surface area contributed by atoms with Gasteiger partial charge in [0.15, 0.2) is 11.7 Å². The van der Waals surface area contributed by atoms with Crippen molar-refractivity contribution < 1.29 is 18.0 Å². The van der Waals surface area contributed by atoms with Crippen molar-refractivity contribution in [1.82, 2.24) is 20.9 Å². The molecule has 0 fully saturated rings. The minimum Gasteiger partial charge on any atom is -0.356 e. The highest BCUT2D eigenvalue weighted by Gasteiger charge is 2.33. The normalized spacial score (nSPS) is 13.1. The number of rotatable bonds is 8. The number of hydrogen-bond donors (Lipinski definition) is 3. The Bertz CT molecular complexity index is 849. The maximum Gasteiger partial charge on any atom is 0.434 e. The summed E-state index contributed by atoms with van der Waals surface area (Å²) < 4.78 is 37.8. The molecule has 164 valence electrons. The molecule has 2 aromatic rings. The van der Waals surface area contributed by atoms with Gasteiger partial charge in [0.1, 0.15) is 0 Å². The lowest BCUT2D eigenvalue weighted by Crippen LogP contribution is -2.37. The van der Waals surface area contributed by atoms with Crippen molar-refractivity contribution in [2.45, 2.75) is 45.5 Å². The summed E-state index contributed by atoms with van der Waals surface area (Å²) in [6, 6.07) is 7.38. The highest BCUT2D eigenvalue weighted by molar-refractivity contribution is 7.09. The van der Waals surface area contributed by atoms with Gasteiger partial charge >= 0.3 is 6.18 Å². The summed E-state index contributed by atoms with van der Waals surface area (Å²) >= 11 is 0.990. The average Bonchev–Trinajstić information content (AvgIpc) is 3.20. The molecule has 1 aromatic carbocycles. The summed E-state index contributed by atoms with van der Waals surface area (Å²) in [5, 5.41) is 10.5. The van der Waals surface area contributed by atoms with Crippen LogP contribution >= 0.6 is 11.3 Å². The number of aromatic nitrogens is 1. The molecule has 0 aliphatic heterocycles. The van der Waals surface area contributed by atoms with E-state index in [-0.39, 0.29) is 11.9 Å². The Morgan fingerprint density at radius 1 is 1.23 bits per heavy atom. The van der Waals surface area contributed by atoms with E-state index in [0.717, 1.165) is 28.7 Å². The zero-order chi connectivity index (χ0) is 22.1. The summed E-state index contributed by atoms with van der Waals surface area (Å²) in [6.45, 7) is 4.86. The Balaban J connectivity index is 1.78. The molecule has 6 nitrogen and oxygen atoms in total. The van der Waals surface area contributed by atoms with Crippen molar-refractivity contribution in [3.63, 3.8) is 0 Å². The van der Waals surface area contributed by atoms with Gasteiger partial charge in [0, 0.05) is 43.5 Å². The Morgan fingerprint density at radius 2 is 1.93 bits per heavy atom. The topological polar surface area (TPSA) is 78.4 Å². The summed E-state index contributed by atoms with van der Waals surface area (Å²) in [4.78, 5) is 19.8. The Labute approximate surface area is 178 Å². The summed E-state index contributed by atoms with van der Waals surface area (Å²) in [5.74, 6) is 0.429. The van der Waals surface area contributed by atoms with E-state index in [9.17, 15) is 18.0 Å². The number of guanidine groups is 1. The molecule has 1 amide bonds. The first kappa shape index (κ1) is 23.7. The van der Waals surface area contributed by atoms with Gasteiger partial charge in [-0.25, -0.2) is 4.98 Å². The van der Waals surface area contributed by atoms with E-state index >= 15 is 0 Å². The van der Waals surface area contributed by atoms with E-state index in [4.69, 9.17) is 0 Å². The second-order valence-corrected chi connectivity index (χ2v) is 7.65. The van der Waals surface area contributed by atoms with Crippen LogP contribution in [-0.2, 0) is 19.1 Å². The molecule has 3 N–H and O–H groups in total. The first-order valence-corrected chi connectivity index (χ1v) is 10.5. The van der Waals surface area contributed by atoms with Crippen LogP contribution in [0.15, 0.2) is 34.6 Å². The van der Waals surface area contributed by atoms with Gasteiger partial charge in [-0.2, -0.15) is 13.2 Å². The van der Waals surface area contributed by atoms with Gasteiger partial charge in [-0.1, -0.05) is 19.1 Å². The van der Waals surface area contributed by atoms with Crippen molar-refractivity contribution in [3.05, 3.63) is 51.5 Å². The molecule has 0 aliphatic carbocycles. The number of nitrogens with one attached hydrogen (secondary N) is 3. The lowest BCUT2D eigenvalue weighted by molar-refractivity contribution is -0.140. The number of benzene rings is 1. The summed E-state index contributed by atoms with van der Waals surface area (Å²) in [5.41, 5.74) is 0.710. The first-order valence-electron chi connectivity index (χ1n) is 9.58. The van der Waals surface area contributed by atoms with Crippen LogP contribution in [0.4, 0.5) is 13.2 Å². The van der Waals surface area contributed by atoms with Gasteiger partial charge in [-0.15, -0.1) is 11.3 Å². The molecule has 0 saturated carbocycles. The Morgan fingerprint density at radius 3 is 2.50 bits per heavy atom. The molecular weight excluding hydrogens is 415 g/mol. The lowest BCUT2D eigenvalue weighted by Gasteiger charge is -2.13. The second-order valence-electron chi connectivity index (χ2n) is 6.71. The number of amides is 1. The zero-order valence-corrected chi connectivity index (χ0v) is 18.0. The Kier molecular flexibility index (Phi) is 8.64. The molecule has 0 radical (unpaired) electrons. The number of halogens is 3. The third-order valence-electron chi connectivity index (χ3n) is 4.36. The van der Waals surface area contributed by atoms with Crippen LogP contribution < -0.4 is 16.0 Å². The van der Waals surface area contributed by atoms with E-state index in [1.165, 1.54) is 0 Å². The minimum absolute atomic E-state index is 0.0998. The number of nitrogens with zero attached hydrogens (tertiary/aromatic N) is 2. The van der Waals surface area contributed by atoms with Crippen LogP contribution in [0.3, 0.4) is 0 Å². The predicted molar refractivity (Wildman–Crippen MR) is 113 cm³/mol. The molecule has 1 heterocycles. The molecule has 0 aliphatic rings. The van der Waals surface area contributed by atoms with Crippen LogP contribution in [-0.4, -0.2) is 36.5 Å². The fourth-order valence-corrected chi connectivity index (χ4v) is 3.24. The van der Waals surface area contributed by atoms with Gasteiger partial charge in [-0.3, -0.25) is 9.79 Å². The van der Waals surface area contributed by atoms with E-state index in [1.807, 2.05) is 26.0 Å². The predicted octanol–water partition coefficient (Wildman–Crippen LogP) is 3.60. The monoisotopic (exact) mass is 441 g/mol. The summed E-state index contributed by atoms with van der Waals surface area (Å²) in [7, 11) is 1.61. The van der Waals surface area contributed by atoms with Crippen LogP contribution in [0, 0.1) is 0 Å². The number of aliphatic imine (C=N–C) groups is 1. The molecule has 0 bridgehead atoms. The second kappa shape index (κ2) is 11.0. The lowest BCUT2D eigenvalue weighted by atomic mass is 10.1. The standard InChI is InChI=1S/C20H26F3N5OS/c1-4-13(2)27-18(29)15-7-5-14(6-8-15)11-26-19(24-3)25-10-9-17-28-16(12-30-17)20(21,22)23/h5-8,12-13H,4,9-11H2,1-3H3,(H,27,29)(H2,24,25,26). The van der Waals surface area contributed by atoms with Gasteiger partial charge in [0.2, 0.25) is 0 Å². The molecule has 10 heteroatoms. The van der Waals surface area contributed by atoms with Crippen molar-refractivity contribution in [3.8, 4) is 0 Å². The zero-order valence-electron chi connectivity index (χ0n) is 17.1. The molecular formula is C20H26F3N5OS. The van der Waals surface area contributed by atoms with E-state index in [1.54, 1.807) is 19.2 Å². The van der Waals surface area contributed by atoms with Gasteiger partial charge in [-0.05, 0) is 31.0 Å². The molecule has 0 spiro atoms. The molecule has 1 aromatic heterocycles. The van der Waals surface area contributed by atoms with Gasteiger partial charge in [0.05, 0.1) is 5.01 Å². The molecule has 30 heavy (non-hydrogen) atoms. The Hall–Kier alpha value is -2.62. The highest BCUT2D eigenvalue weighted by atomic mass is 32.1. The van der Waals surface area contributed by atoms with E-state index in [2.05, 4.69) is 25.9 Å². The average molecular weight is 442 g/mol. The van der Waals surface area contributed by atoms with Gasteiger partial charge in [0.25, 0.3) is 5.91 Å². The molecule has 1 atom stereocenters. The third-order valence-corrected chi connectivity index (χ3v) is 5.27. The third kappa shape index (κ3) is 7.33. The quantitative estimate of drug-likeness (QED) is 0.432. The maximum absolute atomic E-state index is 12.6. The van der Waals surface area contributed by atoms with Crippen LogP contribution in [0.2, 0.25) is 0 Å². The van der Waals surface area contributed by atoms with E-state index in [0.29, 0.717) is 36.0 Å². The maximum atomic E-state index is 12.6. The molecule has 1 unspecified atom stereocenters. The van der Waals surface area contributed by atoms with Crippen LogP contribution in [0.25, 0.3) is 0 Å². The number of carbonyl (C=O) groups is 1. The number of thiazole rings is 1. The van der Waals surface area contributed by atoms with Crippen molar-refractivity contribution in [2.75, 3.05) is 13.6 Å². The fraction of sp³-hybridized carbons (Fsp3) is 0.450. The smallest absolute Gasteiger partial charge is 0.356 e. The largest absolute Gasteiger partial charge is 0.434 e. The van der Waals surface area contributed by atoms with Crippen molar-refractivity contribution in [1.29, 1.82) is 0 Å². The summed E-state index contributed by atoms with van der Waals surface area (Å²) in [6.07, 6.45) is -3.18. The van der Waals surface area contributed by atoms with E-state index < -0.39 is 11.9 Å². The minimum atomic E-state index is -4.41. The van der Waals surface area contributed by atoms with Crippen molar-refractivity contribution in [2.24, 2.45) is 4.99 Å². The fourth-order valence-electron chi connectivity index (χ4n) is 2.43. The highest BCUT2D eigenvalue weighted by Crippen LogP contribution is 2.29. The number of alkyl halides is 3. The molecule has 2 rings (SSSR count). The van der Waals surface area contributed by atoms with Crippen LogP contribution in [0.5, 0.6) is 0 Å². The number of carbonyl (C=O) groups excluding carboxylic acids is 1. The first-order chi connectivity index (χ1) is 14.2. The number of hydrogen-bond acceptors (Lipinski definition) is 4.